The van der Waals surface area contributed by atoms with Crippen LogP contribution in [0.15, 0.2) is 30.3 Å². The highest BCUT2D eigenvalue weighted by molar-refractivity contribution is 6.04. The number of fused-ring (bicyclic) bond motifs is 1. The first-order valence-electron chi connectivity index (χ1n) is 8.84. The predicted molar refractivity (Wildman–Crippen MR) is 101 cm³/mol. The van der Waals surface area contributed by atoms with Crippen molar-refractivity contribution in [3.05, 3.63) is 41.5 Å². The van der Waals surface area contributed by atoms with E-state index in [-0.39, 0.29) is 30.2 Å². The third-order valence-electron chi connectivity index (χ3n) is 4.43. The van der Waals surface area contributed by atoms with Gasteiger partial charge in [0.05, 0.1) is 26.9 Å². The summed E-state index contributed by atoms with van der Waals surface area (Å²) in [4.78, 5) is 25.3. The third kappa shape index (κ3) is 3.88. The van der Waals surface area contributed by atoms with Crippen molar-refractivity contribution in [3.63, 3.8) is 0 Å². The molecule has 0 saturated heterocycles. The summed E-state index contributed by atoms with van der Waals surface area (Å²) in [6, 6.07) is 8.41. The number of hydrogen-bond acceptors (Lipinski definition) is 7. The number of benzene rings is 2. The molecule has 1 heterocycles. The van der Waals surface area contributed by atoms with Crippen LogP contribution < -0.4 is 23.7 Å². The van der Waals surface area contributed by atoms with E-state index < -0.39 is 0 Å². The second-order valence-electron chi connectivity index (χ2n) is 6.09. The molecule has 0 N–H and O–H groups in total. The summed E-state index contributed by atoms with van der Waals surface area (Å²) in [6.07, 6.45) is 0.0844. The van der Waals surface area contributed by atoms with Crippen molar-refractivity contribution >= 4 is 11.6 Å². The first-order valence-corrected chi connectivity index (χ1v) is 8.84. The second-order valence-corrected chi connectivity index (χ2v) is 6.09. The molecular formula is C21H22O7. The van der Waals surface area contributed by atoms with Crippen molar-refractivity contribution in [2.24, 2.45) is 0 Å². The summed E-state index contributed by atoms with van der Waals surface area (Å²) in [6.45, 7) is 0.729. The predicted octanol–water partition coefficient (Wildman–Crippen LogP) is 3.33. The van der Waals surface area contributed by atoms with Gasteiger partial charge in [-0.25, -0.2) is 0 Å². The molecule has 2 aromatic carbocycles. The number of ketones is 2. The zero-order valence-corrected chi connectivity index (χ0v) is 16.1. The summed E-state index contributed by atoms with van der Waals surface area (Å²) in [5.74, 6) is 1.63. The number of methoxy groups -OCH3 is 3. The lowest BCUT2D eigenvalue weighted by atomic mass is 10.00. The van der Waals surface area contributed by atoms with Crippen LogP contribution in [0.25, 0.3) is 0 Å². The van der Waals surface area contributed by atoms with E-state index in [0.29, 0.717) is 47.3 Å². The molecule has 28 heavy (non-hydrogen) atoms. The highest BCUT2D eigenvalue weighted by Gasteiger charge is 2.28. The molecule has 148 valence electrons. The fraction of sp³-hybridized carbons (Fsp3) is 0.333. The molecule has 1 aliphatic rings. The maximum atomic E-state index is 12.8. The lowest BCUT2D eigenvalue weighted by Gasteiger charge is -2.24. The average molecular weight is 386 g/mol. The van der Waals surface area contributed by atoms with Gasteiger partial charge < -0.3 is 23.7 Å². The van der Waals surface area contributed by atoms with E-state index >= 15 is 0 Å². The van der Waals surface area contributed by atoms with E-state index in [1.165, 1.54) is 21.3 Å². The smallest absolute Gasteiger partial charge is 0.208 e. The van der Waals surface area contributed by atoms with Gasteiger partial charge in [-0.2, -0.15) is 0 Å². The topological polar surface area (TPSA) is 80.3 Å². The van der Waals surface area contributed by atoms with Gasteiger partial charge in [0, 0.05) is 18.4 Å². The highest BCUT2D eigenvalue weighted by atomic mass is 16.6. The van der Waals surface area contributed by atoms with E-state index in [1.807, 2.05) is 0 Å². The Kier molecular flexibility index (Phi) is 6.03. The highest BCUT2D eigenvalue weighted by Crippen LogP contribution is 2.48. The molecule has 0 bridgehead atoms. The molecule has 0 atom stereocenters. The van der Waals surface area contributed by atoms with E-state index in [1.54, 1.807) is 30.3 Å². The molecule has 2 aromatic rings. The van der Waals surface area contributed by atoms with Gasteiger partial charge in [-0.15, -0.1) is 0 Å². The largest absolute Gasteiger partial charge is 0.497 e. The second kappa shape index (κ2) is 8.65. The SMILES string of the molecule is COc1cccc(C(=O)CCC(=O)c2cc(OC)c3c(c2OC)OCCO3)c1. The maximum Gasteiger partial charge on any atom is 0.208 e. The van der Waals surface area contributed by atoms with E-state index in [4.69, 9.17) is 23.7 Å². The Balaban J connectivity index is 1.81. The molecule has 0 aromatic heterocycles. The van der Waals surface area contributed by atoms with E-state index in [0.717, 1.165) is 0 Å². The molecule has 0 radical (unpaired) electrons. The number of ether oxygens (including phenoxy) is 5. The van der Waals surface area contributed by atoms with Crippen LogP contribution in [0.5, 0.6) is 28.7 Å². The molecule has 0 saturated carbocycles. The Morgan fingerprint density at radius 1 is 0.893 bits per heavy atom. The fourth-order valence-corrected chi connectivity index (χ4v) is 3.02. The van der Waals surface area contributed by atoms with Crippen LogP contribution in [0.1, 0.15) is 33.6 Å². The molecule has 0 amide bonds. The third-order valence-corrected chi connectivity index (χ3v) is 4.43. The monoisotopic (exact) mass is 386 g/mol. The zero-order chi connectivity index (χ0) is 20.1. The number of rotatable bonds is 8. The van der Waals surface area contributed by atoms with E-state index in [9.17, 15) is 9.59 Å². The van der Waals surface area contributed by atoms with Crippen molar-refractivity contribution < 1.29 is 33.3 Å². The summed E-state index contributed by atoms with van der Waals surface area (Å²) in [5.41, 5.74) is 0.793. The van der Waals surface area contributed by atoms with Gasteiger partial charge in [0.15, 0.2) is 23.1 Å². The summed E-state index contributed by atoms with van der Waals surface area (Å²) >= 11 is 0. The first-order chi connectivity index (χ1) is 13.6. The van der Waals surface area contributed by atoms with Gasteiger partial charge in [0.25, 0.3) is 0 Å². The summed E-state index contributed by atoms with van der Waals surface area (Å²) in [7, 11) is 4.48. The number of Topliss-reactive ketones (excluding diaryl/α,β-unsaturated/α-hetero) is 2. The van der Waals surface area contributed by atoms with Gasteiger partial charge in [-0.3, -0.25) is 9.59 Å². The van der Waals surface area contributed by atoms with E-state index in [2.05, 4.69) is 0 Å². The molecule has 3 rings (SSSR count). The minimum Gasteiger partial charge on any atom is -0.497 e. The molecule has 0 aliphatic carbocycles. The van der Waals surface area contributed by atoms with Gasteiger partial charge >= 0.3 is 0 Å². The van der Waals surface area contributed by atoms with Gasteiger partial charge in [0.1, 0.15) is 19.0 Å². The van der Waals surface area contributed by atoms with Crippen LogP contribution in [0.4, 0.5) is 0 Å². The molecule has 1 aliphatic heterocycles. The van der Waals surface area contributed by atoms with Crippen molar-refractivity contribution in [2.45, 2.75) is 12.8 Å². The fourth-order valence-electron chi connectivity index (χ4n) is 3.02. The average Bonchev–Trinajstić information content (AvgIpc) is 2.75. The molecule has 0 spiro atoms. The van der Waals surface area contributed by atoms with Gasteiger partial charge in [-0.05, 0) is 18.2 Å². The summed E-state index contributed by atoms with van der Waals surface area (Å²) in [5, 5.41) is 0. The Hall–Kier alpha value is -3.22. The number of carbonyl (C=O) groups excluding carboxylic acids is 2. The lowest BCUT2D eigenvalue weighted by molar-refractivity contribution is 0.0914. The zero-order valence-electron chi connectivity index (χ0n) is 16.1. The Labute approximate surface area is 163 Å². The van der Waals surface area contributed by atoms with Crippen LogP contribution in [0.3, 0.4) is 0 Å². The minimum atomic E-state index is -0.247. The van der Waals surface area contributed by atoms with Crippen LogP contribution >= 0.6 is 0 Å². The normalized spacial score (nSPS) is 12.2. The minimum absolute atomic E-state index is 0.0230. The number of hydrogen-bond donors (Lipinski definition) is 0. The van der Waals surface area contributed by atoms with Crippen molar-refractivity contribution in [2.75, 3.05) is 34.5 Å². The Bertz CT molecular complexity index is 889. The standard InChI is InChI=1S/C21H22O7/c1-24-14-6-4-5-13(11-14)16(22)7-8-17(23)15-12-18(25-2)20-21(19(15)26-3)28-10-9-27-20/h4-6,11-12H,7-10H2,1-3H3. The maximum absolute atomic E-state index is 12.8. The van der Waals surface area contributed by atoms with Crippen molar-refractivity contribution in [1.82, 2.24) is 0 Å². The van der Waals surface area contributed by atoms with Crippen LogP contribution in [0.2, 0.25) is 0 Å². The summed E-state index contributed by atoms with van der Waals surface area (Å²) < 4.78 is 27.1. The Morgan fingerprint density at radius 3 is 2.29 bits per heavy atom. The Morgan fingerprint density at radius 2 is 1.61 bits per heavy atom. The molecular weight excluding hydrogens is 364 g/mol. The molecule has 7 heteroatoms. The van der Waals surface area contributed by atoms with Crippen molar-refractivity contribution in [3.8, 4) is 28.7 Å². The van der Waals surface area contributed by atoms with Gasteiger partial charge in [-0.1, -0.05) is 12.1 Å². The van der Waals surface area contributed by atoms with Crippen molar-refractivity contribution in [1.29, 1.82) is 0 Å². The molecule has 0 fully saturated rings. The quantitative estimate of drug-likeness (QED) is 0.644. The van der Waals surface area contributed by atoms with Crippen LogP contribution in [-0.2, 0) is 0 Å². The number of carbonyl (C=O) groups is 2. The van der Waals surface area contributed by atoms with Gasteiger partial charge in [0.2, 0.25) is 11.5 Å². The lowest BCUT2D eigenvalue weighted by Crippen LogP contribution is -2.18. The molecule has 0 unspecified atom stereocenters. The first kappa shape index (κ1) is 19.5. The molecule has 7 nitrogen and oxygen atoms in total. The van der Waals surface area contributed by atoms with Crippen LogP contribution in [-0.4, -0.2) is 46.1 Å². The van der Waals surface area contributed by atoms with Crippen LogP contribution in [0, 0.1) is 0 Å².